The maximum atomic E-state index is 12.6. The fourth-order valence-electron chi connectivity index (χ4n) is 3.18. The van der Waals surface area contributed by atoms with Gasteiger partial charge in [-0.1, -0.05) is 47.5 Å². The molecule has 1 saturated heterocycles. The van der Waals surface area contributed by atoms with E-state index in [2.05, 4.69) is 41.4 Å². The maximum absolute atomic E-state index is 12.6. The lowest BCUT2D eigenvalue weighted by Crippen LogP contribution is -2.44. The number of ether oxygens (including phenoxy) is 2. The quantitative estimate of drug-likeness (QED) is 0.769. The summed E-state index contributed by atoms with van der Waals surface area (Å²) in [4.78, 5) is 14.9. The summed E-state index contributed by atoms with van der Waals surface area (Å²) in [6.45, 7) is 7.87. The summed E-state index contributed by atoms with van der Waals surface area (Å²) in [7, 11) is 0. The Labute approximate surface area is 171 Å². The highest BCUT2D eigenvalue weighted by molar-refractivity contribution is 6.32. The van der Waals surface area contributed by atoms with Crippen LogP contribution in [-0.4, -0.2) is 50.3 Å². The van der Waals surface area contributed by atoms with E-state index >= 15 is 0 Å². The van der Waals surface area contributed by atoms with Gasteiger partial charge in [-0.3, -0.25) is 9.69 Å². The van der Waals surface area contributed by atoms with E-state index in [9.17, 15) is 4.79 Å². The normalized spacial score (nSPS) is 15.8. The summed E-state index contributed by atoms with van der Waals surface area (Å²) in [5.74, 6) is 0.355. The van der Waals surface area contributed by atoms with E-state index in [1.807, 2.05) is 19.1 Å². The maximum Gasteiger partial charge on any atom is 0.258 e. The Balaban J connectivity index is 1.64. The third-order valence-electron chi connectivity index (χ3n) is 4.80. The van der Waals surface area contributed by atoms with Crippen LogP contribution >= 0.6 is 11.6 Å². The fraction of sp³-hybridized carbons (Fsp3) is 0.409. The van der Waals surface area contributed by atoms with Gasteiger partial charge >= 0.3 is 0 Å². The molecule has 150 valence electrons. The minimum absolute atomic E-state index is 0.0748. The second-order valence-electron chi connectivity index (χ2n) is 7.17. The number of halogens is 1. The molecule has 0 saturated carbocycles. The Morgan fingerprint density at radius 3 is 2.54 bits per heavy atom. The second-order valence-corrected chi connectivity index (χ2v) is 7.57. The Kier molecular flexibility index (Phi) is 7.31. The van der Waals surface area contributed by atoms with Crippen molar-refractivity contribution in [3.05, 3.63) is 64.2 Å². The van der Waals surface area contributed by atoms with Crippen LogP contribution in [0.15, 0.2) is 42.5 Å². The summed E-state index contributed by atoms with van der Waals surface area (Å²) < 4.78 is 11.1. The Morgan fingerprint density at radius 1 is 1.14 bits per heavy atom. The molecule has 28 heavy (non-hydrogen) atoms. The number of carbonyl (C=O) groups excluding carboxylic acids is 1. The van der Waals surface area contributed by atoms with Crippen LogP contribution in [-0.2, 0) is 9.53 Å². The number of aryl methyl sites for hydroxylation is 2. The molecule has 3 rings (SSSR count). The van der Waals surface area contributed by atoms with Crippen LogP contribution in [0.1, 0.15) is 22.7 Å². The van der Waals surface area contributed by atoms with Gasteiger partial charge in [-0.25, -0.2) is 0 Å². The zero-order valence-corrected chi connectivity index (χ0v) is 17.2. The number of hydrogen-bond donors (Lipinski definition) is 1. The lowest BCUT2D eigenvalue weighted by atomic mass is 10.0. The van der Waals surface area contributed by atoms with Gasteiger partial charge in [0.25, 0.3) is 5.91 Å². The molecule has 1 N–H and O–H groups in total. The SMILES string of the molecule is Cc1ccc([C@@H](CN2CCOCC2)NC(=O)COc2cc(C)ccc2Cl)cc1. The van der Waals surface area contributed by atoms with Crippen molar-refractivity contribution in [1.82, 2.24) is 10.2 Å². The largest absolute Gasteiger partial charge is 0.482 e. The number of carbonyl (C=O) groups is 1. The van der Waals surface area contributed by atoms with E-state index in [4.69, 9.17) is 21.1 Å². The van der Waals surface area contributed by atoms with Crippen molar-refractivity contribution in [1.29, 1.82) is 0 Å². The monoisotopic (exact) mass is 402 g/mol. The van der Waals surface area contributed by atoms with Crippen molar-refractivity contribution in [2.24, 2.45) is 0 Å². The first-order valence-electron chi connectivity index (χ1n) is 9.56. The van der Waals surface area contributed by atoms with Crippen LogP contribution in [0.2, 0.25) is 5.02 Å². The Hall–Kier alpha value is -2.08. The van der Waals surface area contributed by atoms with Crippen LogP contribution in [0.25, 0.3) is 0 Å². The van der Waals surface area contributed by atoms with Gasteiger partial charge in [0.1, 0.15) is 5.75 Å². The molecule has 5 nitrogen and oxygen atoms in total. The summed E-state index contributed by atoms with van der Waals surface area (Å²) in [6, 6.07) is 13.7. The zero-order valence-electron chi connectivity index (χ0n) is 16.4. The summed E-state index contributed by atoms with van der Waals surface area (Å²) in [6.07, 6.45) is 0. The molecule has 0 aliphatic carbocycles. The average Bonchev–Trinajstić information content (AvgIpc) is 2.69. The molecule has 0 radical (unpaired) electrons. The van der Waals surface area contributed by atoms with Crippen LogP contribution in [0.5, 0.6) is 5.75 Å². The molecule has 6 heteroatoms. The van der Waals surface area contributed by atoms with E-state index in [-0.39, 0.29) is 18.6 Å². The van der Waals surface area contributed by atoms with Crippen LogP contribution in [0.4, 0.5) is 0 Å². The number of hydrogen-bond acceptors (Lipinski definition) is 4. The smallest absolute Gasteiger partial charge is 0.258 e. The lowest BCUT2D eigenvalue weighted by Gasteiger charge is -2.31. The Bertz CT molecular complexity index is 789. The molecular weight excluding hydrogens is 376 g/mol. The molecule has 1 aliphatic heterocycles. The van der Waals surface area contributed by atoms with Crippen LogP contribution < -0.4 is 10.1 Å². The number of amides is 1. The van der Waals surface area contributed by atoms with Crippen molar-refractivity contribution in [3.63, 3.8) is 0 Å². The first-order valence-corrected chi connectivity index (χ1v) is 9.94. The third-order valence-corrected chi connectivity index (χ3v) is 5.12. The summed E-state index contributed by atoms with van der Waals surface area (Å²) in [5.41, 5.74) is 3.31. The molecular formula is C22H27ClN2O3. The zero-order chi connectivity index (χ0) is 19.9. The van der Waals surface area contributed by atoms with Gasteiger partial charge in [0, 0.05) is 19.6 Å². The van der Waals surface area contributed by atoms with E-state index in [1.54, 1.807) is 6.07 Å². The molecule has 1 fully saturated rings. The van der Waals surface area contributed by atoms with Crippen molar-refractivity contribution >= 4 is 17.5 Å². The standard InChI is InChI=1S/C22H27ClN2O3/c1-16-3-6-18(7-4-16)20(14-25-9-11-27-12-10-25)24-22(26)15-28-21-13-17(2)5-8-19(21)23/h3-8,13,20H,9-12,14-15H2,1-2H3,(H,24,26)/t20-/m1/s1. The van der Waals surface area contributed by atoms with E-state index < -0.39 is 0 Å². The topological polar surface area (TPSA) is 50.8 Å². The van der Waals surface area contributed by atoms with Crippen molar-refractivity contribution in [2.75, 3.05) is 39.5 Å². The van der Waals surface area contributed by atoms with Crippen LogP contribution in [0, 0.1) is 13.8 Å². The van der Waals surface area contributed by atoms with Gasteiger partial charge in [-0.15, -0.1) is 0 Å². The van der Waals surface area contributed by atoms with Gasteiger partial charge in [0.2, 0.25) is 0 Å². The first kappa shape index (κ1) is 20.6. The van der Waals surface area contributed by atoms with Crippen molar-refractivity contribution in [3.8, 4) is 5.75 Å². The first-order chi connectivity index (χ1) is 13.5. The number of rotatable bonds is 7. The van der Waals surface area contributed by atoms with E-state index in [0.717, 1.165) is 44.0 Å². The molecule has 1 heterocycles. The molecule has 0 bridgehead atoms. The van der Waals surface area contributed by atoms with Gasteiger partial charge in [0.15, 0.2) is 6.61 Å². The molecule has 1 atom stereocenters. The number of morpholine rings is 1. The third kappa shape index (κ3) is 5.96. The minimum Gasteiger partial charge on any atom is -0.482 e. The highest BCUT2D eigenvalue weighted by Gasteiger charge is 2.20. The highest BCUT2D eigenvalue weighted by Crippen LogP contribution is 2.25. The van der Waals surface area contributed by atoms with Gasteiger partial charge < -0.3 is 14.8 Å². The predicted molar refractivity (Wildman–Crippen MR) is 111 cm³/mol. The summed E-state index contributed by atoms with van der Waals surface area (Å²) in [5, 5.41) is 3.62. The average molecular weight is 403 g/mol. The molecule has 0 spiro atoms. The van der Waals surface area contributed by atoms with Gasteiger partial charge in [0.05, 0.1) is 24.3 Å². The molecule has 1 amide bonds. The molecule has 2 aromatic rings. The molecule has 2 aromatic carbocycles. The summed E-state index contributed by atoms with van der Waals surface area (Å²) >= 11 is 6.15. The number of nitrogens with zero attached hydrogens (tertiary/aromatic N) is 1. The van der Waals surface area contributed by atoms with Crippen molar-refractivity contribution < 1.29 is 14.3 Å². The van der Waals surface area contributed by atoms with Gasteiger partial charge in [-0.05, 0) is 37.1 Å². The molecule has 0 unspecified atom stereocenters. The fourth-order valence-corrected chi connectivity index (χ4v) is 3.35. The van der Waals surface area contributed by atoms with Crippen molar-refractivity contribution in [2.45, 2.75) is 19.9 Å². The highest BCUT2D eigenvalue weighted by atomic mass is 35.5. The number of benzene rings is 2. The number of nitrogens with one attached hydrogen (secondary N) is 1. The minimum atomic E-state index is -0.170. The van der Waals surface area contributed by atoms with Crippen LogP contribution in [0.3, 0.4) is 0 Å². The Morgan fingerprint density at radius 2 is 1.82 bits per heavy atom. The van der Waals surface area contributed by atoms with E-state index in [0.29, 0.717) is 10.8 Å². The van der Waals surface area contributed by atoms with E-state index in [1.165, 1.54) is 5.56 Å². The molecule has 1 aliphatic rings. The second kappa shape index (κ2) is 9.92. The molecule has 0 aromatic heterocycles. The van der Waals surface area contributed by atoms with Gasteiger partial charge in [-0.2, -0.15) is 0 Å². The lowest BCUT2D eigenvalue weighted by molar-refractivity contribution is -0.124. The predicted octanol–water partition coefficient (Wildman–Crippen LogP) is 3.53.